The Morgan fingerprint density at radius 3 is 1.55 bits per heavy atom. The molecule has 1 aromatic heterocycles. The lowest BCUT2D eigenvalue weighted by Gasteiger charge is -2.61. The zero-order valence-electron chi connectivity index (χ0n) is 32.4. The quantitative estimate of drug-likeness (QED) is 0.168. The third kappa shape index (κ3) is 4.55. The van der Waals surface area contributed by atoms with Crippen molar-refractivity contribution in [3.8, 4) is 56.2 Å². The van der Waals surface area contributed by atoms with Gasteiger partial charge in [-0.25, -0.2) is 9.97 Å². The zero-order valence-corrected chi connectivity index (χ0v) is 32.4. The molecule has 0 radical (unpaired) electrons. The Morgan fingerprint density at radius 1 is 0.379 bits per heavy atom. The largest absolute Gasteiger partial charge is 0.228 e. The van der Waals surface area contributed by atoms with Crippen LogP contribution >= 0.6 is 0 Å². The first-order chi connectivity index (χ1) is 28.7. The predicted octanol–water partition coefficient (Wildman–Crippen LogP) is 14.3. The van der Waals surface area contributed by atoms with Crippen molar-refractivity contribution < 1.29 is 0 Å². The van der Waals surface area contributed by atoms with Crippen molar-refractivity contribution in [3.05, 3.63) is 181 Å². The molecule has 58 heavy (non-hydrogen) atoms. The monoisotopic (exact) mass is 742 g/mol. The van der Waals surface area contributed by atoms with Gasteiger partial charge >= 0.3 is 0 Å². The van der Waals surface area contributed by atoms with Gasteiger partial charge < -0.3 is 0 Å². The van der Waals surface area contributed by atoms with Crippen LogP contribution in [0.5, 0.6) is 0 Å². The highest BCUT2D eigenvalue weighted by Crippen LogP contribution is 2.70. The molecular formula is C56H42N2. The normalized spacial score (nSPS) is 22.6. The lowest BCUT2D eigenvalue weighted by molar-refractivity contribution is -0.0398. The molecule has 4 bridgehead atoms. The molecule has 5 aliphatic carbocycles. The van der Waals surface area contributed by atoms with E-state index in [2.05, 4.69) is 170 Å². The average Bonchev–Trinajstić information content (AvgIpc) is 3.56. The van der Waals surface area contributed by atoms with Gasteiger partial charge in [-0.2, -0.15) is 0 Å². The van der Waals surface area contributed by atoms with Crippen LogP contribution in [0, 0.1) is 23.7 Å². The lowest BCUT2D eigenvalue weighted by atomic mass is 9.43. The van der Waals surface area contributed by atoms with Crippen LogP contribution < -0.4 is 0 Å². The fourth-order valence-corrected chi connectivity index (χ4v) is 12.9. The highest BCUT2D eigenvalue weighted by atomic mass is 14.9. The topological polar surface area (TPSA) is 25.8 Å². The predicted molar refractivity (Wildman–Crippen MR) is 240 cm³/mol. The molecule has 0 N–H and O–H groups in total. The van der Waals surface area contributed by atoms with Gasteiger partial charge in [0, 0.05) is 22.1 Å². The van der Waals surface area contributed by atoms with Crippen molar-refractivity contribution in [2.24, 2.45) is 23.7 Å². The summed E-state index contributed by atoms with van der Waals surface area (Å²) < 4.78 is 0. The summed E-state index contributed by atoms with van der Waals surface area (Å²) in [5.74, 6) is 3.94. The molecule has 1 spiro atoms. The molecule has 2 nitrogen and oxygen atoms in total. The Labute approximate surface area is 339 Å². The highest BCUT2D eigenvalue weighted by Gasteiger charge is 2.61. The molecule has 0 saturated heterocycles. The minimum absolute atomic E-state index is 0.0757. The van der Waals surface area contributed by atoms with E-state index in [-0.39, 0.29) is 5.41 Å². The molecule has 4 fully saturated rings. The van der Waals surface area contributed by atoms with Crippen LogP contribution in [0.2, 0.25) is 0 Å². The maximum atomic E-state index is 5.41. The van der Waals surface area contributed by atoms with Gasteiger partial charge in [0.2, 0.25) is 0 Å². The highest BCUT2D eigenvalue weighted by molar-refractivity contribution is 6.22. The summed E-state index contributed by atoms with van der Waals surface area (Å²) in [4.78, 5) is 10.6. The van der Waals surface area contributed by atoms with E-state index in [0.29, 0.717) is 11.8 Å². The van der Waals surface area contributed by atoms with Gasteiger partial charge in [0.25, 0.3) is 0 Å². The van der Waals surface area contributed by atoms with Crippen LogP contribution in [-0.2, 0) is 5.41 Å². The van der Waals surface area contributed by atoms with Gasteiger partial charge in [-0.05, 0) is 140 Å². The lowest BCUT2D eigenvalue weighted by Crippen LogP contribution is -2.55. The SMILES string of the molecule is c1ccc(-c2cc(-c3c4ccccc4c(-c4cccc5c4-c4cc6ccccc6cc4C54C5CC6CC(C5)CC4C6)c4ccccc34)nc(-c3ccccc3)n2)cc1. The summed E-state index contributed by atoms with van der Waals surface area (Å²) in [6.45, 7) is 0. The van der Waals surface area contributed by atoms with Crippen molar-refractivity contribution >= 4 is 32.3 Å². The number of benzene rings is 8. The molecule has 8 aromatic carbocycles. The fraction of sp³-hybridized carbons (Fsp3) is 0.179. The zero-order chi connectivity index (χ0) is 38.0. The van der Waals surface area contributed by atoms with Crippen molar-refractivity contribution in [3.63, 3.8) is 0 Å². The van der Waals surface area contributed by atoms with Crippen molar-refractivity contribution in [2.45, 2.75) is 37.5 Å². The molecule has 0 amide bonds. The molecular weight excluding hydrogens is 701 g/mol. The summed E-state index contributed by atoms with van der Waals surface area (Å²) in [6, 6.07) is 63.0. The maximum Gasteiger partial charge on any atom is 0.160 e. The minimum Gasteiger partial charge on any atom is -0.228 e. The molecule has 4 saturated carbocycles. The molecule has 0 aliphatic heterocycles. The second-order valence-corrected chi connectivity index (χ2v) is 17.7. The minimum atomic E-state index is 0.0757. The number of hydrogen-bond acceptors (Lipinski definition) is 2. The number of nitrogens with zero attached hydrogens (tertiary/aromatic N) is 2. The Balaban J connectivity index is 1.11. The van der Waals surface area contributed by atoms with Gasteiger partial charge in [-0.1, -0.05) is 152 Å². The van der Waals surface area contributed by atoms with Crippen LogP contribution in [0.15, 0.2) is 170 Å². The van der Waals surface area contributed by atoms with E-state index in [1.807, 2.05) is 0 Å². The third-order valence-electron chi connectivity index (χ3n) is 14.8. The second-order valence-electron chi connectivity index (χ2n) is 17.7. The average molecular weight is 743 g/mol. The Kier molecular flexibility index (Phi) is 6.94. The van der Waals surface area contributed by atoms with E-state index in [1.165, 1.54) is 86.7 Å². The molecule has 0 atom stereocenters. The second kappa shape index (κ2) is 12.3. The Morgan fingerprint density at radius 2 is 0.914 bits per heavy atom. The smallest absolute Gasteiger partial charge is 0.160 e. The number of rotatable bonds is 4. The van der Waals surface area contributed by atoms with Crippen LogP contribution in [0.3, 0.4) is 0 Å². The molecule has 2 heteroatoms. The summed E-state index contributed by atoms with van der Waals surface area (Å²) in [5, 5.41) is 7.66. The molecule has 5 aliphatic rings. The molecule has 0 unspecified atom stereocenters. The summed E-state index contributed by atoms with van der Waals surface area (Å²) in [7, 11) is 0. The van der Waals surface area contributed by atoms with Gasteiger partial charge in [0.15, 0.2) is 5.82 Å². The van der Waals surface area contributed by atoms with Crippen LogP contribution in [-0.4, -0.2) is 9.97 Å². The number of aromatic nitrogens is 2. The van der Waals surface area contributed by atoms with Gasteiger partial charge in [-0.15, -0.1) is 0 Å². The molecule has 1 heterocycles. The Bertz CT molecular complexity index is 2980. The first-order valence-electron chi connectivity index (χ1n) is 21.3. The first kappa shape index (κ1) is 32.7. The van der Waals surface area contributed by atoms with Crippen molar-refractivity contribution in [1.82, 2.24) is 9.97 Å². The van der Waals surface area contributed by atoms with Crippen LogP contribution in [0.25, 0.3) is 88.5 Å². The van der Waals surface area contributed by atoms with Crippen LogP contribution in [0.4, 0.5) is 0 Å². The number of fused-ring (bicyclic) bond motifs is 6. The van der Waals surface area contributed by atoms with E-state index in [0.717, 1.165) is 45.7 Å². The van der Waals surface area contributed by atoms with E-state index < -0.39 is 0 Å². The molecule has 9 aromatic rings. The van der Waals surface area contributed by atoms with Crippen molar-refractivity contribution in [1.29, 1.82) is 0 Å². The van der Waals surface area contributed by atoms with Gasteiger partial charge in [0.05, 0.1) is 11.4 Å². The van der Waals surface area contributed by atoms with Crippen LogP contribution in [0.1, 0.15) is 43.2 Å². The maximum absolute atomic E-state index is 5.41. The molecule has 14 rings (SSSR count). The standard InChI is InChI=1S/C56H42N2/c1-3-14-36(15-4-1)50-33-51(58-55(57-50)37-16-5-2-6-17-37)54-44-22-11-9-20-42(44)52(43-21-10-12-23-45(43)54)46-24-13-25-48-53(46)47-31-38-18-7-8-19-39(38)32-49(47)56(48)40-27-34-26-35(29-40)30-41(56)28-34/h1-25,31-35,40-41H,26-30H2. The van der Waals surface area contributed by atoms with E-state index in [4.69, 9.17) is 9.97 Å². The van der Waals surface area contributed by atoms with E-state index in [9.17, 15) is 0 Å². The fourth-order valence-electron chi connectivity index (χ4n) is 12.9. The summed E-state index contributed by atoms with van der Waals surface area (Å²) in [6.07, 6.45) is 6.95. The first-order valence-corrected chi connectivity index (χ1v) is 21.3. The van der Waals surface area contributed by atoms with Gasteiger partial charge in [-0.3, -0.25) is 0 Å². The number of hydrogen-bond donors (Lipinski definition) is 0. The Hall–Kier alpha value is -6.38. The van der Waals surface area contributed by atoms with Crippen molar-refractivity contribution in [2.75, 3.05) is 0 Å². The summed E-state index contributed by atoms with van der Waals surface area (Å²) >= 11 is 0. The van der Waals surface area contributed by atoms with E-state index >= 15 is 0 Å². The molecule has 276 valence electrons. The van der Waals surface area contributed by atoms with Gasteiger partial charge in [0.1, 0.15) is 0 Å². The summed E-state index contributed by atoms with van der Waals surface area (Å²) in [5.41, 5.74) is 14.0. The van der Waals surface area contributed by atoms with E-state index in [1.54, 1.807) is 11.1 Å². The third-order valence-corrected chi connectivity index (χ3v) is 14.8.